The first-order valence-corrected chi connectivity index (χ1v) is 5.14. The summed E-state index contributed by atoms with van der Waals surface area (Å²) in [7, 11) is 0. The molecular weight excluding hydrogens is 226 g/mol. The summed E-state index contributed by atoms with van der Waals surface area (Å²) in [6.07, 6.45) is -0.485. The Morgan fingerprint density at radius 3 is 2.47 bits per heavy atom. The van der Waals surface area contributed by atoms with E-state index in [2.05, 4.69) is 0 Å². The van der Waals surface area contributed by atoms with Gasteiger partial charge in [0.1, 0.15) is 0 Å². The standard InChI is InChI=1S/C9H8F2O3S/c1-15-5-3-2-4(6(10)7(5)11)8(12)9(13)14/h2-3,8,12H,1H3,(H,13,14). The fraction of sp³-hybridized carbons (Fsp3) is 0.222. The number of benzene rings is 1. The Hall–Kier alpha value is -1.14. The number of aliphatic carboxylic acids is 1. The molecule has 0 aromatic heterocycles. The van der Waals surface area contributed by atoms with Gasteiger partial charge in [0.05, 0.1) is 0 Å². The lowest BCUT2D eigenvalue weighted by Gasteiger charge is -2.09. The van der Waals surface area contributed by atoms with Crippen LogP contribution in [0.5, 0.6) is 0 Å². The van der Waals surface area contributed by atoms with Gasteiger partial charge >= 0.3 is 5.97 Å². The number of carbonyl (C=O) groups is 1. The summed E-state index contributed by atoms with van der Waals surface area (Å²) in [6, 6.07) is 2.29. The molecule has 0 fully saturated rings. The third kappa shape index (κ3) is 2.27. The van der Waals surface area contributed by atoms with Crippen molar-refractivity contribution in [2.75, 3.05) is 6.26 Å². The summed E-state index contributed by atoms with van der Waals surface area (Å²) in [5.41, 5.74) is -0.571. The molecule has 1 rings (SSSR count). The largest absolute Gasteiger partial charge is 0.479 e. The van der Waals surface area contributed by atoms with Crippen molar-refractivity contribution in [2.24, 2.45) is 0 Å². The number of halogens is 2. The quantitative estimate of drug-likeness (QED) is 0.783. The number of aliphatic hydroxyl groups is 1. The predicted molar refractivity (Wildman–Crippen MR) is 50.7 cm³/mol. The lowest BCUT2D eigenvalue weighted by Crippen LogP contribution is -2.13. The second-order valence-electron chi connectivity index (χ2n) is 2.73. The minimum atomic E-state index is -2.05. The van der Waals surface area contributed by atoms with Crippen LogP contribution in [-0.4, -0.2) is 22.4 Å². The van der Waals surface area contributed by atoms with Crippen LogP contribution in [0.15, 0.2) is 17.0 Å². The van der Waals surface area contributed by atoms with E-state index in [1.54, 1.807) is 6.26 Å². The molecule has 3 nitrogen and oxygen atoms in total. The van der Waals surface area contributed by atoms with Gasteiger partial charge in [-0.1, -0.05) is 6.07 Å². The van der Waals surface area contributed by atoms with Crippen LogP contribution in [0.1, 0.15) is 11.7 Å². The minimum Gasteiger partial charge on any atom is -0.479 e. The molecule has 0 saturated carbocycles. The molecule has 2 N–H and O–H groups in total. The Kier molecular flexibility index (Phi) is 3.65. The summed E-state index contributed by atoms with van der Waals surface area (Å²) in [5.74, 6) is -4.08. The molecular formula is C9H8F2O3S. The maximum absolute atomic E-state index is 13.2. The van der Waals surface area contributed by atoms with Gasteiger partial charge in [-0.3, -0.25) is 0 Å². The molecule has 82 valence electrons. The van der Waals surface area contributed by atoms with Crippen molar-refractivity contribution in [2.45, 2.75) is 11.0 Å². The van der Waals surface area contributed by atoms with E-state index in [0.717, 1.165) is 17.8 Å². The highest BCUT2D eigenvalue weighted by molar-refractivity contribution is 7.98. The van der Waals surface area contributed by atoms with Crippen LogP contribution >= 0.6 is 11.8 Å². The summed E-state index contributed by atoms with van der Waals surface area (Å²) in [6.45, 7) is 0. The average Bonchev–Trinajstić information content (AvgIpc) is 2.21. The molecule has 1 aromatic rings. The van der Waals surface area contributed by atoms with Gasteiger partial charge in [-0.2, -0.15) is 0 Å². The van der Waals surface area contributed by atoms with E-state index in [-0.39, 0.29) is 4.90 Å². The summed E-state index contributed by atoms with van der Waals surface area (Å²) >= 11 is 0.994. The van der Waals surface area contributed by atoms with Crippen molar-refractivity contribution >= 4 is 17.7 Å². The van der Waals surface area contributed by atoms with Gasteiger partial charge in [0.2, 0.25) is 0 Å². The summed E-state index contributed by atoms with van der Waals surface area (Å²) in [4.78, 5) is 10.4. The van der Waals surface area contributed by atoms with E-state index in [9.17, 15) is 13.6 Å². The Morgan fingerprint density at radius 2 is 2.00 bits per heavy atom. The fourth-order valence-corrected chi connectivity index (χ4v) is 1.52. The summed E-state index contributed by atoms with van der Waals surface area (Å²) < 4.78 is 26.4. The second kappa shape index (κ2) is 4.59. The normalized spacial score (nSPS) is 12.5. The predicted octanol–water partition coefficient (Wildman–Crippen LogP) is 1.80. The lowest BCUT2D eigenvalue weighted by atomic mass is 10.1. The number of thioether (sulfide) groups is 1. The molecule has 0 amide bonds. The molecule has 1 atom stereocenters. The molecule has 0 radical (unpaired) electrons. The zero-order chi connectivity index (χ0) is 11.6. The number of hydrogen-bond donors (Lipinski definition) is 2. The Bertz CT molecular complexity index is 395. The van der Waals surface area contributed by atoms with E-state index in [1.807, 2.05) is 0 Å². The topological polar surface area (TPSA) is 57.5 Å². The smallest absolute Gasteiger partial charge is 0.337 e. The first-order valence-electron chi connectivity index (χ1n) is 3.91. The monoisotopic (exact) mass is 234 g/mol. The van der Waals surface area contributed by atoms with Gasteiger partial charge in [-0.05, 0) is 12.3 Å². The molecule has 6 heteroatoms. The Balaban J connectivity index is 3.23. The molecule has 0 bridgehead atoms. The third-order valence-corrected chi connectivity index (χ3v) is 2.58. The molecule has 15 heavy (non-hydrogen) atoms. The van der Waals surface area contributed by atoms with Gasteiger partial charge < -0.3 is 10.2 Å². The zero-order valence-electron chi connectivity index (χ0n) is 7.70. The average molecular weight is 234 g/mol. The first-order chi connectivity index (χ1) is 6.99. The van der Waals surface area contributed by atoms with Crippen LogP contribution < -0.4 is 0 Å². The highest BCUT2D eigenvalue weighted by atomic mass is 32.2. The van der Waals surface area contributed by atoms with Crippen molar-refractivity contribution in [1.82, 2.24) is 0 Å². The van der Waals surface area contributed by atoms with Crippen LogP contribution in [0.3, 0.4) is 0 Å². The summed E-state index contributed by atoms with van der Waals surface area (Å²) in [5, 5.41) is 17.5. The van der Waals surface area contributed by atoms with Crippen LogP contribution in [0.25, 0.3) is 0 Å². The molecule has 0 spiro atoms. The van der Waals surface area contributed by atoms with Crippen molar-refractivity contribution in [3.05, 3.63) is 29.3 Å². The van der Waals surface area contributed by atoms with Crippen LogP contribution in [0.4, 0.5) is 8.78 Å². The van der Waals surface area contributed by atoms with Crippen LogP contribution in [-0.2, 0) is 4.79 Å². The molecule has 0 saturated heterocycles. The van der Waals surface area contributed by atoms with Gasteiger partial charge in [0, 0.05) is 10.5 Å². The number of carboxylic acid groups (broad SMARTS) is 1. The highest BCUT2D eigenvalue weighted by Crippen LogP contribution is 2.26. The van der Waals surface area contributed by atoms with Gasteiger partial charge in [0.25, 0.3) is 0 Å². The number of rotatable bonds is 3. The van der Waals surface area contributed by atoms with E-state index >= 15 is 0 Å². The highest BCUT2D eigenvalue weighted by Gasteiger charge is 2.23. The SMILES string of the molecule is CSc1ccc(C(O)C(=O)O)c(F)c1F. The van der Waals surface area contributed by atoms with Crippen molar-refractivity contribution in [1.29, 1.82) is 0 Å². The van der Waals surface area contributed by atoms with E-state index < -0.39 is 29.3 Å². The van der Waals surface area contributed by atoms with E-state index in [1.165, 1.54) is 6.07 Å². The fourth-order valence-electron chi connectivity index (χ4n) is 1.05. The van der Waals surface area contributed by atoms with Crippen LogP contribution in [0.2, 0.25) is 0 Å². The molecule has 0 aliphatic carbocycles. The minimum absolute atomic E-state index is 0.0637. The number of carboxylic acids is 1. The molecule has 0 heterocycles. The third-order valence-electron chi connectivity index (χ3n) is 1.83. The number of hydrogen-bond acceptors (Lipinski definition) is 3. The van der Waals surface area contributed by atoms with Gasteiger partial charge in [-0.15, -0.1) is 11.8 Å². The van der Waals surface area contributed by atoms with Crippen molar-refractivity contribution < 1.29 is 23.8 Å². The Morgan fingerprint density at radius 1 is 1.40 bits per heavy atom. The maximum atomic E-state index is 13.2. The van der Waals surface area contributed by atoms with Crippen LogP contribution in [0, 0.1) is 11.6 Å². The molecule has 0 aliphatic rings. The lowest BCUT2D eigenvalue weighted by molar-refractivity contribution is -0.147. The maximum Gasteiger partial charge on any atom is 0.337 e. The van der Waals surface area contributed by atoms with Crippen molar-refractivity contribution in [3.8, 4) is 0 Å². The first kappa shape index (κ1) is 11.9. The molecule has 1 aromatic carbocycles. The van der Waals surface area contributed by atoms with Crippen molar-refractivity contribution in [3.63, 3.8) is 0 Å². The number of aliphatic hydroxyl groups excluding tert-OH is 1. The van der Waals surface area contributed by atoms with Gasteiger partial charge in [-0.25, -0.2) is 13.6 Å². The Labute approximate surface area is 88.7 Å². The molecule has 0 aliphatic heterocycles. The molecule has 1 unspecified atom stereocenters. The zero-order valence-corrected chi connectivity index (χ0v) is 8.52. The van der Waals surface area contributed by atoms with E-state index in [4.69, 9.17) is 10.2 Å². The van der Waals surface area contributed by atoms with Gasteiger partial charge in [0.15, 0.2) is 17.7 Å². The van der Waals surface area contributed by atoms with E-state index in [0.29, 0.717) is 0 Å². The second-order valence-corrected chi connectivity index (χ2v) is 3.57.